The van der Waals surface area contributed by atoms with Crippen LogP contribution in [0.15, 0.2) is 30.3 Å². The second kappa shape index (κ2) is 5.13. The standard InChI is InChI=1S/C10H10OSi.Na.H/c1-11-12-10-7-6-8-4-2-3-5-9(8)10;;/h2-7,10H,1H3;;/q;+1;-1. The normalized spacial score (nSPS) is 18.1. The topological polar surface area (TPSA) is 9.23 Å². The molecule has 0 N–H and O–H groups in total. The van der Waals surface area contributed by atoms with Gasteiger partial charge in [0.2, 0.25) is 9.76 Å². The van der Waals surface area contributed by atoms with E-state index < -0.39 is 0 Å². The maximum atomic E-state index is 5.16. The summed E-state index contributed by atoms with van der Waals surface area (Å²) in [5.74, 6) is 0. The van der Waals surface area contributed by atoms with E-state index in [1.165, 1.54) is 11.1 Å². The fraction of sp³-hybridized carbons (Fsp3) is 0.200. The van der Waals surface area contributed by atoms with E-state index in [4.69, 9.17) is 4.43 Å². The van der Waals surface area contributed by atoms with Crippen molar-refractivity contribution in [3.8, 4) is 0 Å². The third-order valence-corrected chi connectivity index (χ3v) is 3.04. The Morgan fingerprint density at radius 3 is 2.92 bits per heavy atom. The quantitative estimate of drug-likeness (QED) is 0.562. The number of allylic oxidation sites excluding steroid dienone is 1. The van der Waals surface area contributed by atoms with Crippen molar-refractivity contribution in [3.05, 3.63) is 41.5 Å². The van der Waals surface area contributed by atoms with Crippen LogP contribution >= 0.6 is 0 Å². The molecule has 0 saturated carbocycles. The zero-order chi connectivity index (χ0) is 8.39. The molecule has 3 heteroatoms. The fourth-order valence-corrected chi connectivity index (χ4v) is 2.30. The van der Waals surface area contributed by atoms with E-state index in [2.05, 4.69) is 36.4 Å². The van der Waals surface area contributed by atoms with Gasteiger partial charge in [0.25, 0.3) is 0 Å². The Morgan fingerprint density at radius 1 is 1.38 bits per heavy atom. The second-order valence-electron chi connectivity index (χ2n) is 2.79. The van der Waals surface area contributed by atoms with Crippen LogP contribution in [0.1, 0.15) is 18.1 Å². The fourth-order valence-electron chi connectivity index (χ4n) is 1.48. The second-order valence-corrected chi connectivity index (χ2v) is 4.05. The van der Waals surface area contributed by atoms with E-state index in [0.29, 0.717) is 15.3 Å². The molecule has 0 heterocycles. The average molecular weight is 198 g/mol. The molecule has 0 bridgehead atoms. The number of hydrogen-bond acceptors (Lipinski definition) is 1. The van der Waals surface area contributed by atoms with Crippen LogP contribution in [-0.4, -0.2) is 16.9 Å². The zero-order valence-electron chi connectivity index (χ0n) is 8.95. The van der Waals surface area contributed by atoms with Gasteiger partial charge < -0.3 is 5.85 Å². The van der Waals surface area contributed by atoms with Gasteiger partial charge in [-0.25, -0.2) is 0 Å². The van der Waals surface area contributed by atoms with Crippen LogP contribution in [0.2, 0.25) is 0 Å². The number of hydrogen-bond donors (Lipinski definition) is 0. The molecule has 0 saturated heterocycles. The molecule has 0 fully saturated rings. The van der Waals surface area contributed by atoms with Gasteiger partial charge in [0.1, 0.15) is 0 Å². The van der Waals surface area contributed by atoms with E-state index in [9.17, 15) is 0 Å². The Morgan fingerprint density at radius 2 is 2.15 bits per heavy atom. The molecule has 0 amide bonds. The van der Waals surface area contributed by atoms with Crippen molar-refractivity contribution in [1.29, 1.82) is 0 Å². The van der Waals surface area contributed by atoms with Crippen LogP contribution in [0.3, 0.4) is 0 Å². The average Bonchev–Trinajstić information content (AvgIpc) is 2.50. The van der Waals surface area contributed by atoms with Gasteiger partial charge in [-0.05, 0) is 11.1 Å². The smallest absolute Gasteiger partial charge is 1.00 e. The van der Waals surface area contributed by atoms with Gasteiger partial charge in [0.15, 0.2) is 0 Å². The van der Waals surface area contributed by atoms with Gasteiger partial charge in [0, 0.05) is 12.7 Å². The van der Waals surface area contributed by atoms with Crippen LogP contribution in [0.25, 0.3) is 6.08 Å². The molecule has 62 valence electrons. The Labute approximate surface area is 105 Å². The van der Waals surface area contributed by atoms with Crippen molar-refractivity contribution in [3.63, 3.8) is 0 Å². The summed E-state index contributed by atoms with van der Waals surface area (Å²) in [5, 5.41) is 0. The van der Waals surface area contributed by atoms with Crippen LogP contribution in [0.4, 0.5) is 0 Å². The Hall–Kier alpha value is 0.137. The van der Waals surface area contributed by atoms with Crippen molar-refractivity contribution in [2.24, 2.45) is 0 Å². The van der Waals surface area contributed by atoms with E-state index in [1.807, 2.05) is 0 Å². The molecule has 2 radical (unpaired) electrons. The summed E-state index contributed by atoms with van der Waals surface area (Å²) in [6.45, 7) is 0. The maximum absolute atomic E-state index is 5.16. The molecule has 1 aliphatic carbocycles. The number of fused-ring (bicyclic) bond motifs is 1. The predicted octanol–water partition coefficient (Wildman–Crippen LogP) is -0.863. The molecule has 1 unspecified atom stereocenters. The first kappa shape index (κ1) is 11.2. The van der Waals surface area contributed by atoms with Crippen LogP contribution in [0.5, 0.6) is 0 Å². The van der Waals surface area contributed by atoms with Crippen LogP contribution in [-0.2, 0) is 4.43 Å². The van der Waals surface area contributed by atoms with Gasteiger partial charge in [-0.3, -0.25) is 0 Å². The number of rotatable bonds is 2. The summed E-state index contributed by atoms with van der Waals surface area (Å²) in [6, 6.07) is 8.47. The SMILES string of the molecule is CO[Si]C1C=Cc2ccccc21.[H-].[Na+]. The van der Waals surface area contributed by atoms with Gasteiger partial charge in [0.05, 0.1) is 0 Å². The summed E-state index contributed by atoms with van der Waals surface area (Å²) >= 11 is 0. The largest absolute Gasteiger partial charge is 1.00 e. The third-order valence-electron chi connectivity index (χ3n) is 2.04. The molecule has 0 aromatic heterocycles. The van der Waals surface area contributed by atoms with E-state index in [0.717, 1.165) is 0 Å². The van der Waals surface area contributed by atoms with Gasteiger partial charge >= 0.3 is 29.6 Å². The molecule has 1 aromatic rings. The Kier molecular flexibility index (Phi) is 4.42. The summed E-state index contributed by atoms with van der Waals surface area (Å²) in [4.78, 5) is 0. The minimum Gasteiger partial charge on any atom is -1.00 e. The van der Waals surface area contributed by atoms with Gasteiger partial charge in [-0.15, -0.1) is 0 Å². The maximum Gasteiger partial charge on any atom is 1.00 e. The van der Waals surface area contributed by atoms with Crippen molar-refractivity contribution in [1.82, 2.24) is 0 Å². The summed E-state index contributed by atoms with van der Waals surface area (Å²) in [5.41, 5.74) is 3.23. The van der Waals surface area contributed by atoms with Crippen molar-refractivity contribution in [2.75, 3.05) is 7.11 Å². The van der Waals surface area contributed by atoms with Crippen molar-refractivity contribution >= 4 is 15.8 Å². The molecule has 13 heavy (non-hydrogen) atoms. The molecular formula is C10H11NaOSi. The summed E-state index contributed by atoms with van der Waals surface area (Å²) in [7, 11) is 2.31. The number of benzene rings is 1. The Balaban J connectivity index is 0.000000845. The van der Waals surface area contributed by atoms with Crippen molar-refractivity contribution < 1.29 is 35.4 Å². The van der Waals surface area contributed by atoms with E-state index in [1.54, 1.807) is 7.11 Å². The summed E-state index contributed by atoms with van der Waals surface area (Å²) in [6.07, 6.45) is 4.39. The predicted molar refractivity (Wildman–Crippen MR) is 52.1 cm³/mol. The molecule has 1 nitrogen and oxygen atoms in total. The Bertz CT molecular complexity index is 317. The van der Waals surface area contributed by atoms with Gasteiger partial charge in [-0.1, -0.05) is 36.4 Å². The van der Waals surface area contributed by atoms with E-state index >= 15 is 0 Å². The van der Waals surface area contributed by atoms with Crippen LogP contribution in [0, 0.1) is 0 Å². The zero-order valence-corrected chi connectivity index (χ0v) is 10.9. The first-order chi connectivity index (χ1) is 5.92. The molecule has 1 aromatic carbocycles. The minimum absolute atomic E-state index is 0. The van der Waals surface area contributed by atoms with Crippen molar-refractivity contribution in [2.45, 2.75) is 5.54 Å². The molecular weight excluding hydrogens is 187 g/mol. The molecule has 1 aliphatic rings. The monoisotopic (exact) mass is 198 g/mol. The van der Waals surface area contributed by atoms with E-state index in [-0.39, 0.29) is 31.0 Å². The molecule has 1 atom stereocenters. The summed E-state index contributed by atoms with van der Waals surface area (Å²) < 4.78 is 5.16. The minimum atomic E-state index is 0. The molecule has 2 rings (SSSR count). The van der Waals surface area contributed by atoms with Gasteiger partial charge in [-0.2, -0.15) is 0 Å². The van der Waals surface area contributed by atoms with Crippen LogP contribution < -0.4 is 29.6 Å². The molecule has 0 spiro atoms. The molecule has 0 aliphatic heterocycles. The first-order valence-corrected chi connectivity index (χ1v) is 4.96. The first-order valence-electron chi connectivity index (χ1n) is 3.97. The third kappa shape index (κ3) is 2.33.